The number of amides is 2. The van der Waals surface area contributed by atoms with Gasteiger partial charge in [-0.1, -0.05) is 37.3 Å². The molecule has 2 amide bonds. The van der Waals surface area contributed by atoms with Crippen molar-refractivity contribution < 1.29 is 27.5 Å². The maximum absolute atomic E-state index is 12.7. The molecule has 0 radical (unpaired) electrons. The van der Waals surface area contributed by atoms with Crippen molar-refractivity contribution in [3.63, 3.8) is 0 Å². The summed E-state index contributed by atoms with van der Waals surface area (Å²) >= 11 is 0. The van der Waals surface area contributed by atoms with Crippen LogP contribution >= 0.6 is 0 Å². The van der Waals surface area contributed by atoms with Crippen LogP contribution in [0.1, 0.15) is 24.8 Å². The molecule has 0 N–H and O–H groups in total. The summed E-state index contributed by atoms with van der Waals surface area (Å²) in [5.74, 6) is -1.78. The van der Waals surface area contributed by atoms with Gasteiger partial charge in [-0.25, -0.2) is 0 Å². The lowest BCUT2D eigenvalue weighted by molar-refractivity contribution is -0.274. The number of rotatable bonds is 4. The van der Waals surface area contributed by atoms with E-state index in [1.807, 2.05) is 37.3 Å². The minimum Gasteiger partial charge on any atom is -0.406 e. The third-order valence-corrected chi connectivity index (χ3v) is 4.44. The fourth-order valence-electron chi connectivity index (χ4n) is 3.10. The number of halogens is 3. The summed E-state index contributed by atoms with van der Waals surface area (Å²) in [6.45, 7) is 1.88. The summed E-state index contributed by atoms with van der Waals surface area (Å²) in [5.41, 5.74) is 1.19. The van der Waals surface area contributed by atoms with Gasteiger partial charge < -0.3 is 4.74 Å². The number of nitrogens with zero attached hydrogens (tertiary/aromatic N) is 1. The molecular formula is C19H16F3NO3. The van der Waals surface area contributed by atoms with E-state index in [0.29, 0.717) is 0 Å². The number of alkyl halides is 3. The van der Waals surface area contributed by atoms with Crippen molar-refractivity contribution in [3.8, 4) is 5.75 Å². The number of hydrogen-bond acceptors (Lipinski definition) is 3. The van der Waals surface area contributed by atoms with E-state index in [9.17, 15) is 22.8 Å². The highest BCUT2D eigenvalue weighted by atomic mass is 19.4. The highest BCUT2D eigenvalue weighted by molar-refractivity contribution is 6.21. The second-order valence-electron chi connectivity index (χ2n) is 6.12. The molecule has 1 saturated heterocycles. The minimum atomic E-state index is -4.79. The van der Waals surface area contributed by atoms with Gasteiger partial charge in [0.05, 0.1) is 11.6 Å². The molecule has 0 aromatic heterocycles. The van der Waals surface area contributed by atoms with Gasteiger partial charge >= 0.3 is 6.36 Å². The molecule has 26 heavy (non-hydrogen) atoms. The summed E-state index contributed by atoms with van der Waals surface area (Å²) in [5, 5.41) is 0. The van der Waals surface area contributed by atoms with Crippen LogP contribution in [-0.4, -0.2) is 18.2 Å². The number of benzene rings is 2. The van der Waals surface area contributed by atoms with Crippen LogP contribution in [0.5, 0.6) is 5.75 Å². The first kappa shape index (κ1) is 18.0. The first-order valence-electron chi connectivity index (χ1n) is 8.04. The molecule has 1 fully saturated rings. The highest BCUT2D eigenvalue weighted by Crippen LogP contribution is 2.36. The minimum absolute atomic E-state index is 0.0652. The molecule has 1 heterocycles. The lowest BCUT2D eigenvalue weighted by Gasteiger charge is -2.19. The molecule has 2 aromatic carbocycles. The van der Waals surface area contributed by atoms with Crippen LogP contribution in [-0.2, 0) is 9.59 Å². The maximum atomic E-state index is 12.7. The third-order valence-electron chi connectivity index (χ3n) is 4.44. The molecule has 7 heteroatoms. The van der Waals surface area contributed by atoms with E-state index in [1.54, 1.807) is 0 Å². The standard InChI is InChI=1S/C19H16F3NO3/c1-12(13-5-3-2-4-6-13)16-11-17(24)23(18(16)25)14-7-9-15(10-8-14)26-19(20,21)22/h2-10,12,16H,11H2,1H3/t12-,16-/m1/s1. The zero-order valence-electron chi connectivity index (χ0n) is 13.9. The third kappa shape index (κ3) is 3.71. The van der Waals surface area contributed by atoms with Crippen LogP contribution in [0, 0.1) is 5.92 Å². The average Bonchev–Trinajstić information content (AvgIpc) is 2.89. The molecule has 2 aromatic rings. The van der Waals surface area contributed by atoms with Gasteiger partial charge in [-0.15, -0.1) is 13.2 Å². The highest BCUT2D eigenvalue weighted by Gasteiger charge is 2.42. The average molecular weight is 363 g/mol. The van der Waals surface area contributed by atoms with Gasteiger partial charge in [-0.3, -0.25) is 14.5 Å². The Hall–Kier alpha value is -2.83. The SMILES string of the molecule is C[C@H](c1ccccc1)[C@H]1CC(=O)N(c2ccc(OC(F)(F)F)cc2)C1=O. The van der Waals surface area contributed by atoms with E-state index in [4.69, 9.17) is 0 Å². The number of anilines is 1. The predicted octanol–water partition coefficient (Wildman–Crippen LogP) is 4.27. The topological polar surface area (TPSA) is 46.6 Å². The van der Waals surface area contributed by atoms with Crippen molar-refractivity contribution in [2.45, 2.75) is 25.6 Å². The Morgan fingerprint density at radius 2 is 1.65 bits per heavy atom. The summed E-state index contributed by atoms with van der Waals surface area (Å²) in [4.78, 5) is 26.1. The van der Waals surface area contributed by atoms with Crippen LogP contribution in [0.4, 0.5) is 18.9 Å². The number of ether oxygens (including phenoxy) is 1. The second-order valence-corrected chi connectivity index (χ2v) is 6.12. The lowest BCUT2D eigenvalue weighted by Crippen LogP contribution is -2.31. The predicted molar refractivity (Wildman–Crippen MR) is 88.6 cm³/mol. The largest absolute Gasteiger partial charge is 0.573 e. The van der Waals surface area contributed by atoms with Gasteiger partial charge in [-0.05, 0) is 35.7 Å². The van der Waals surface area contributed by atoms with Crippen molar-refractivity contribution in [1.82, 2.24) is 0 Å². The summed E-state index contributed by atoms with van der Waals surface area (Å²) in [7, 11) is 0. The molecule has 0 spiro atoms. The van der Waals surface area contributed by atoms with Crippen molar-refractivity contribution in [1.29, 1.82) is 0 Å². The maximum Gasteiger partial charge on any atom is 0.573 e. The van der Waals surface area contributed by atoms with Crippen molar-refractivity contribution >= 4 is 17.5 Å². The van der Waals surface area contributed by atoms with E-state index in [2.05, 4.69) is 4.74 Å². The number of hydrogen-bond donors (Lipinski definition) is 0. The van der Waals surface area contributed by atoms with Crippen molar-refractivity contribution in [3.05, 3.63) is 60.2 Å². The van der Waals surface area contributed by atoms with E-state index >= 15 is 0 Å². The molecule has 0 unspecified atom stereocenters. The van der Waals surface area contributed by atoms with Crippen LogP contribution < -0.4 is 9.64 Å². The molecule has 1 aliphatic rings. The first-order valence-corrected chi connectivity index (χ1v) is 8.04. The van der Waals surface area contributed by atoms with Gasteiger partial charge in [0.25, 0.3) is 0 Å². The van der Waals surface area contributed by atoms with Crippen LogP contribution in [0.2, 0.25) is 0 Å². The van der Waals surface area contributed by atoms with Crippen LogP contribution in [0.25, 0.3) is 0 Å². The number of imide groups is 1. The van der Waals surface area contributed by atoms with Gasteiger partial charge in [0.1, 0.15) is 5.75 Å². The number of carbonyl (C=O) groups excluding carboxylic acids is 2. The van der Waals surface area contributed by atoms with Gasteiger partial charge in [-0.2, -0.15) is 0 Å². The van der Waals surface area contributed by atoms with E-state index < -0.39 is 18.0 Å². The summed E-state index contributed by atoms with van der Waals surface area (Å²) in [6, 6.07) is 14.1. The fraction of sp³-hybridized carbons (Fsp3) is 0.263. The quantitative estimate of drug-likeness (QED) is 0.762. The van der Waals surface area contributed by atoms with Gasteiger partial charge in [0.15, 0.2) is 0 Å². The van der Waals surface area contributed by atoms with Crippen LogP contribution in [0.15, 0.2) is 54.6 Å². The summed E-state index contributed by atoms with van der Waals surface area (Å²) in [6.07, 6.45) is -4.73. The molecule has 0 aliphatic carbocycles. The van der Waals surface area contributed by atoms with Gasteiger partial charge in [0, 0.05) is 6.42 Å². The van der Waals surface area contributed by atoms with E-state index in [0.717, 1.165) is 22.6 Å². The second kappa shape index (κ2) is 6.82. The monoisotopic (exact) mass is 363 g/mol. The normalized spacial score (nSPS) is 18.9. The molecule has 4 nitrogen and oxygen atoms in total. The van der Waals surface area contributed by atoms with E-state index in [1.165, 1.54) is 12.1 Å². The molecule has 1 aliphatic heterocycles. The zero-order valence-corrected chi connectivity index (χ0v) is 13.9. The Labute approximate surface area is 148 Å². The Kier molecular flexibility index (Phi) is 4.71. The fourth-order valence-corrected chi connectivity index (χ4v) is 3.10. The lowest BCUT2D eigenvalue weighted by atomic mass is 9.86. The molecule has 3 rings (SSSR count). The smallest absolute Gasteiger partial charge is 0.406 e. The van der Waals surface area contributed by atoms with Crippen molar-refractivity contribution in [2.24, 2.45) is 5.92 Å². The van der Waals surface area contributed by atoms with Gasteiger partial charge in [0.2, 0.25) is 11.8 Å². The molecule has 0 bridgehead atoms. The summed E-state index contributed by atoms with van der Waals surface area (Å²) < 4.78 is 40.5. The Morgan fingerprint density at radius 3 is 2.23 bits per heavy atom. The molecule has 2 atom stereocenters. The Bertz CT molecular complexity index is 803. The van der Waals surface area contributed by atoms with Crippen molar-refractivity contribution in [2.75, 3.05) is 4.90 Å². The van der Waals surface area contributed by atoms with E-state index in [-0.39, 0.29) is 29.8 Å². The molecular weight excluding hydrogens is 347 g/mol. The molecule has 0 saturated carbocycles. The Balaban J connectivity index is 1.79. The zero-order chi connectivity index (χ0) is 18.9. The molecule has 136 valence electrons. The number of carbonyl (C=O) groups is 2. The first-order chi connectivity index (χ1) is 12.3. The van der Waals surface area contributed by atoms with Crippen LogP contribution in [0.3, 0.4) is 0 Å². The Morgan fingerprint density at radius 1 is 1.04 bits per heavy atom.